The molecule has 0 aliphatic heterocycles. The fourth-order valence-corrected chi connectivity index (χ4v) is 1.79. The van der Waals surface area contributed by atoms with E-state index in [4.69, 9.17) is 18.9 Å². The van der Waals surface area contributed by atoms with E-state index in [0.29, 0.717) is 31.3 Å². The molecular formula is C18H27NO6. The number of hydrogen-bond donors (Lipinski definition) is 1. The highest BCUT2D eigenvalue weighted by atomic mass is 16.6. The maximum Gasteiger partial charge on any atom is 0.412 e. The fraction of sp³-hybridized carbons (Fsp3) is 0.556. The van der Waals surface area contributed by atoms with Gasteiger partial charge in [0.05, 0.1) is 12.3 Å². The number of ether oxygens (including phenoxy) is 4. The Morgan fingerprint density at radius 1 is 1.12 bits per heavy atom. The predicted octanol–water partition coefficient (Wildman–Crippen LogP) is 3.76. The number of esters is 1. The van der Waals surface area contributed by atoms with Crippen LogP contribution in [0.3, 0.4) is 0 Å². The predicted molar refractivity (Wildman–Crippen MR) is 94.2 cm³/mol. The number of amides is 1. The summed E-state index contributed by atoms with van der Waals surface area (Å²) >= 11 is 0. The minimum Gasteiger partial charge on any atom is -0.487 e. The zero-order valence-corrected chi connectivity index (χ0v) is 15.5. The average molecular weight is 353 g/mol. The van der Waals surface area contributed by atoms with Gasteiger partial charge in [0, 0.05) is 13.0 Å². The van der Waals surface area contributed by atoms with Gasteiger partial charge in [0.1, 0.15) is 12.2 Å². The van der Waals surface area contributed by atoms with Crippen LogP contribution in [-0.4, -0.2) is 37.5 Å². The normalized spacial score (nSPS) is 10.9. The number of nitrogens with one attached hydrogen (secondary N) is 1. The maximum absolute atomic E-state index is 12.0. The lowest BCUT2D eigenvalue weighted by Crippen LogP contribution is -2.27. The summed E-state index contributed by atoms with van der Waals surface area (Å²) in [6.07, 6.45) is -0.452. The second kappa shape index (κ2) is 9.88. The third kappa shape index (κ3) is 7.89. The molecule has 0 saturated carbocycles. The van der Waals surface area contributed by atoms with Crippen molar-refractivity contribution in [3.63, 3.8) is 0 Å². The topological polar surface area (TPSA) is 83.1 Å². The van der Waals surface area contributed by atoms with Gasteiger partial charge in [-0.2, -0.15) is 0 Å². The van der Waals surface area contributed by atoms with Gasteiger partial charge in [-0.1, -0.05) is 13.0 Å². The smallest absolute Gasteiger partial charge is 0.412 e. The van der Waals surface area contributed by atoms with Gasteiger partial charge < -0.3 is 18.9 Å². The van der Waals surface area contributed by atoms with Gasteiger partial charge in [-0.3, -0.25) is 10.1 Å². The van der Waals surface area contributed by atoms with Crippen LogP contribution in [0.5, 0.6) is 11.5 Å². The van der Waals surface area contributed by atoms with E-state index < -0.39 is 17.7 Å². The standard InChI is InChI=1S/C18H27NO6/c1-6-15(20)24-16-13(19-17(21)25-18(3,4)5)9-8-10-14(16)23-12-11-22-7-2/h8-10H,6-7,11-12H2,1-5H3,(H,19,21). The number of benzene rings is 1. The molecule has 0 unspecified atom stereocenters. The molecule has 0 aliphatic rings. The van der Waals surface area contributed by atoms with Crippen molar-refractivity contribution in [3.05, 3.63) is 18.2 Å². The zero-order chi connectivity index (χ0) is 18.9. The lowest BCUT2D eigenvalue weighted by molar-refractivity contribution is -0.134. The molecule has 0 saturated heterocycles. The molecule has 7 heteroatoms. The molecular weight excluding hydrogens is 326 g/mol. The summed E-state index contributed by atoms with van der Waals surface area (Å²) in [4.78, 5) is 23.7. The van der Waals surface area contributed by atoms with Crippen molar-refractivity contribution < 1.29 is 28.5 Å². The van der Waals surface area contributed by atoms with E-state index in [1.807, 2.05) is 6.92 Å². The van der Waals surface area contributed by atoms with E-state index in [-0.39, 0.29) is 12.2 Å². The number of carbonyl (C=O) groups excluding carboxylic acids is 2. The molecule has 1 amide bonds. The molecule has 0 bridgehead atoms. The van der Waals surface area contributed by atoms with Crippen molar-refractivity contribution in [3.8, 4) is 11.5 Å². The number of carbonyl (C=O) groups is 2. The monoisotopic (exact) mass is 353 g/mol. The maximum atomic E-state index is 12.0. The van der Waals surface area contributed by atoms with E-state index in [1.54, 1.807) is 45.9 Å². The molecule has 1 rings (SSSR count). The second-order valence-electron chi connectivity index (χ2n) is 6.13. The number of anilines is 1. The van der Waals surface area contributed by atoms with Crippen LogP contribution >= 0.6 is 0 Å². The van der Waals surface area contributed by atoms with E-state index in [0.717, 1.165) is 0 Å². The molecule has 0 radical (unpaired) electrons. The average Bonchev–Trinajstić information content (AvgIpc) is 2.52. The van der Waals surface area contributed by atoms with E-state index >= 15 is 0 Å². The van der Waals surface area contributed by atoms with Gasteiger partial charge in [0.25, 0.3) is 0 Å². The first-order valence-corrected chi connectivity index (χ1v) is 8.31. The van der Waals surface area contributed by atoms with Gasteiger partial charge >= 0.3 is 12.1 Å². The molecule has 0 fully saturated rings. The van der Waals surface area contributed by atoms with Gasteiger partial charge in [0.15, 0.2) is 11.5 Å². The first-order valence-electron chi connectivity index (χ1n) is 8.31. The van der Waals surface area contributed by atoms with Crippen LogP contribution in [0.15, 0.2) is 18.2 Å². The van der Waals surface area contributed by atoms with Gasteiger partial charge in [-0.15, -0.1) is 0 Å². The molecule has 140 valence electrons. The summed E-state index contributed by atoms with van der Waals surface area (Å²) < 4.78 is 21.4. The molecule has 25 heavy (non-hydrogen) atoms. The second-order valence-corrected chi connectivity index (χ2v) is 6.13. The summed E-state index contributed by atoms with van der Waals surface area (Å²) in [6, 6.07) is 4.95. The molecule has 0 aliphatic carbocycles. The van der Waals surface area contributed by atoms with E-state index in [1.165, 1.54) is 0 Å². The first-order chi connectivity index (χ1) is 11.8. The van der Waals surface area contributed by atoms with E-state index in [2.05, 4.69) is 5.32 Å². The Bertz CT molecular complexity index is 579. The fourth-order valence-electron chi connectivity index (χ4n) is 1.79. The molecule has 1 aromatic carbocycles. The Kier molecular flexibility index (Phi) is 8.21. The summed E-state index contributed by atoms with van der Waals surface area (Å²) in [5.41, 5.74) is -0.347. The minimum absolute atomic E-state index is 0.150. The van der Waals surface area contributed by atoms with Crippen LogP contribution in [0, 0.1) is 0 Å². The van der Waals surface area contributed by atoms with Gasteiger partial charge in [-0.05, 0) is 39.8 Å². The van der Waals surface area contributed by atoms with Crippen molar-refractivity contribution in [2.75, 3.05) is 25.1 Å². The Morgan fingerprint density at radius 3 is 2.44 bits per heavy atom. The Hall–Kier alpha value is -2.28. The van der Waals surface area contributed by atoms with Gasteiger partial charge in [0.2, 0.25) is 0 Å². The summed E-state index contributed by atoms with van der Waals surface area (Å²) in [6.45, 7) is 10.1. The van der Waals surface area contributed by atoms with Crippen molar-refractivity contribution in [1.82, 2.24) is 0 Å². The first kappa shape index (κ1) is 20.8. The molecule has 0 atom stereocenters. The number of rotatable bonds is 8. The highest BCUT2D eigenvalue weighted by molar-refractivity contribution is 5.89. The van der Waals surface area contributed by atoms with Crippen LogP contribution in [0.1, 0.15) is 41.0 Å². The molecule has 7 nitrogen and oxygen atoms in total. The van der Waals surface area contributed by atoms with Crippen LogP contribution in [-0.2, 0) is 14.3 Å². The highest BCUT2D eigenvalue weighted by Crippen LogP contribution is 2.36. The minimum atomic E-state index is -0.646. The third-order valence-electron chi connectivity index (χ3n) is 2.81. The number of hydrogen-bond acceptors (Lipinski definition) is 6. The summed E-state index contributed by atoms with van der Waals surface area (Å²) in [5, 5.41) is 2.59. The van der Waals surface area contributed by atoms with Crippen molar-refractivity contribution in [2.24, 2.45) is 0 Å². The zero-order valence-electron chi connectivity index (χ0n) is 15.5. The Balaban J connectivity index is 2.97. The molecule has 0 spiro atoms. The molecule has 0 aromatic heterocycles. The quantitative estimate of drug-likeness (QED) is 0.435. The van der Waals surface area contributed by atoms with E-state index in [9.17, 15) is 9.59 Å². The molecule has 1 aromatic rings. The highest BCUT2D eigenvalue weighted by Gasteiger charge is 2.20. The Morgan fingerprint density at radius 2 is 1.84 bits per heavy atom. The van der Waals surface area contributed by atoms with Gasteiger partial charge in [-0.25, -0.2) is 4.79 Å². The summed E-state index contributed by atoms with van der Waals surface area (Å²) in [7, 11) is 0. The van der Waals surface area contributed by atoms with Crippen molar-refractivity contribution in [1.29, 1.82) is 0 Å². The SMILES string of the molecule is CCOCCOc1cccc(NC(=O)OC(C)(C)C)c1OC(=O)CC. The molecule has 1 N–H and O–H groups in total. The summed E-state index contributed by atoms with van der Waals surface area (Å²) in [5.74, 6) is 0.0554. The Labute approximate surface area is 148 Å². The largest absolute Gasteiger partial charge is 0.487 e. The van der Waals surface area contributed by atoms with Crippen LogP contribution in [0.4, 0.5) is 10.5 Å². The van der Waals surface area contributed by atoms with Crippen molar-refractivity contribution >= 4 is 17.7 Å². The lowest BCUT2D eigenvalue weighted by Gasteiger charge is -2.21. The van der Waals surface area contributed by atoms with Crippen molar-refractivity contribution in [2.45, 2.75) is 46.6 Å². The molecule has 0 heterocycles. The van der Waals surface area contributed by atoms with Crippen LogP contribution in [0.2, 0.25) is 0 Å². The lowest BCUT2D eigenvalue weighted by atomic mass is 10.2. The van der Waals surface area contributed by atoms with Crippen LogP contribution in [0.25, 0.3) is 0 Å². The third-order valence-corrected chi connectivity index (χ3v) is 2.81. The number of para-hydroxylation sites is 1. The van der Waals surface area contributed by atoms with Crippen LogP contribution < -0.4 is 14.8 Å².